The molecule has 1 aliphatic heterocycles. The van der Waals surface area contributed by atoms with E-state index in [-0.39, 0.29) is 18.4 Å². The molecule has 5 nitrogen and oxygen atoms in total. The van der Waals surface area contributed by atoms with E-state index in [0.717, 1.165) is 24.7 Å². The van der Waals surface area contributed by atoms with Crippen LogP contribution in [0.1, 0.15) is 17.5 Å². The molecule has 1 heterocycles. The van der Waals surface area contributed by atoms with Crippen LogP contribution in [0.15, 0.2) is 36.4 Å². The van der Waals surface area contributed by atoms with Crippen molar-refractivity contribution in [2.45, 2.75) is 25.6 Å². The van der Waals surface area contributed by atoms with Crippen LogP contribution in [0.2, 0.25) is 0 Å². The average Bonchev–Trinajstić information content (AvgIpc) is 2.68. The summed E-state index contributed by atoms with van der Waals surface area (Å²) in [6.45, 7) is 3.33. The number of aliphatic hydroxyl groups excluding tert-OH is 1. The van der Waals surface area contributed by atoms with Gasteiger partial charge in [0, 0.05) is 50.9 Å². The highest BCUT2D eigenvalue weighted by atomic mass is 19.2. The smallest absolute Gasteiger partial charge is 0.162 e. The minimum Gasteiger partial charge on any atom is -0.504 e. The monoisotopic (exact) mass is 392 g/mol. The van der Waals surface area contributed by atoms with Crippen LogP contribution in [-0.2, 0) is 13.1 Å². The molecule has 0 radical (unpaired) electrons. The van der Waals surface area contributed by atoms with Gasteiger partial charge in [-0.1, -0.05) is 18.2 Å². The third kappa shape index (κ3) is 4.79. The van der Waals surface area contributed by atoms with Crippen molar-refractivity contribution < 1.29 is 23.7 Å². The second-order valence-corrected chi connectivity index (χ2v) is 7.09. The lowest BCUT2D eigenvalue weighted by molar-refractivity contribution is 0.0495. The molecule has 1 fully saturated rings. The summed E-state index contributed by atoms with van der Waals surface area (Å²) in [7, 11) is 1.52. The van der Waals surface area contributed by atoms with E-state index in [0.29, 0.717) is 37.4 Å². The van der Waals surface area contributed by atoms with Gasteiger partial charge in [0.25, 0.3) is 0 Å². The van der Waals surface area contributed by atoms with Crippen molar-refractivity contribution in [1.82, 2.24) is 9.80 Å². The van der Waals surface area contributed by atoms with E-state index in [1.807, 2.05) is 12.1 Å². The average molecular weight is 392 g/mol. The van der Waals surface area contributed by atoms with Gasteiger partial charge < -0.3 is 14.9 Å². The minimum absolute atomic E-state index is 0.0528. The first-order valence-electron chi connectivity index (χ1n) is 9.38. The van der Waals surface area contributed by atoms with Crippen LogP contribution in [0, 0.1) is 11.6 Å². The van der Waals surface area contributed by atoms with Crippen LogP contribution in [0.5, 0.6) is 11.5 Å². The topological polar surface area (TPSA) is 56.2 Å². The number of para-hydroxylation sites is 1. The molecule has 0 aliphatic carbocycles. The maximum Gasteiger partial charge on any atom is 0.162 e. The summed E-state index contributed by atoms with van der Waals surface area (Å²) in [6.07, 6.45) is 0.588. The molecule has 0 saturated carbocycles. The third-order valence-corrected chi connectivity index (χ3v) is 5.22. The molecule has 0 spiro atoms. The molecule has 0 bridgehead atoms. The van der Waals surface area contributed by atoms with Crippen LogP contribution in [-0.4, -0.2) is 59.4 Å². The molecule has 28 heavy (non-hydrogen) atoms. The molecule has 0 amide bonds. The summed E-state index contributed by atoms with van der Waals surface area (Å²) in [4.78, 5) is 4.40. The lowest BCUT2D eigenvalue weighted by Crippen LogP contribution is -2.52. The molecule has 0 aromatic heterocycles. The van der Waals surface area contributed by atoms with Crippen molar-refractivity contribution in [3.63, 3.8) is 0 Å². The number of halogens is 2. The van der Waals surface area contributed by atoms with Gasteiger partial charge in [-0.2, -0.15) is 0 Å². The van der Waals surface area contributed by atoms with E-state index >= 15 is 0 Å². The van der Waals surface area contributed by atoms with Crippen molar-refractivity contribution in [1.29, 1.82) is 0 Å². The number of phenolic OH excluding ortho intramolecular Hbond substituents is 1. The molecule has 2 N–H and O–H groups in total. The Morgan fingerprint density at radius 3 is 2.64 bits per heavy atom. The number of aromatic hydroxyl groups is 1. The molecule has 1 atom stereocenters. The van der Waals surface area contributed by atoms with E-state index in [4.69, 9.17) is 4.74 Å². The summed E-state index contributed by atoms with van der Waals surface area (Å²) < 4.78 is 31.8. The van der Waals surface area contributed by atoms with Gasteiger partial charge in [0.05, 0.1) is 7.11 Å². The second-order valence-electron chi connectivity index (χ2n) is 7.09. The Morgan fingerprint density at radius 2 is 1.93 bits per heavy atom. The number of piperazine rings is 1. The number of hydrogen-bond donors (Lipinski definition) is 2. The highest BCUT2D eigenvalue weighted by Crippen LogP contribution is 2.31. The van der Waals surface area contributed by atoms with E-state index in [9.17, 15) is 19.0 Å². The van der Waals surface area contributed by atoms with Gasteiger partial charge in [-0.25, -0.2) is 8.78 Å². The van der Waals surface area contributed by atoms with Crippen molar-refractivity contribution in [3.8, 4) is 11.5 Å². The van der Waals surface area contributed by atoms with Crippen molar-refractivity contribution >= 4 is 0 Å². The van der Waals surface area contributed by atoms with E-state index in [1.54, 1.807) is 12.1 Å². The van der Waals surface area contributed by atoms with Gasteiger partial charge in [-0.15, -0.1) is 0 Å². The number of methoxy groups -OCH3 is 1. The van der Waals surface area contributed by atoms with Gasteiger partial charge in [0.1, 0.15) is 0 Å². The molecule has 1 aliphatic rings. The molecule has 1 saturated heterocycles. The maximum absolute atomic E-state index is 13.5. The maximum atomic E-state index is 13.5. The second kappa shape index (κ2) is 9.32. The van der Waals surface area contributed by atoms with Gasteiger partial charge in [0.15, 0.2) is 23.1 Å². The molecule has 2 aromatic rings. The zero-order valence-corrected chi connectivity index (χ0v) is 15.9. The van der Waals surface area contributed by atoms with Crippen molar-refractivity contribution in [2.75, 3.05) is 33.4 Å². The predicted octanol–water partition coefficient (Wildman–Crippen LogP) is 2.75. The number of benzene rings is 2. The molecular formula is C21H26F2N2O3. The summed E-state index contributed by atoms with van der Waals surface area (Å²) >= 11 is 0. The predicted molar refractivity (Wildman–Crippen MR) is 102 cm³/mol. The number of rotatable bonds is 7. The molecule has 7 heteroatoms. The SMILES string of the molecule is COc1cccc(CN2CCN(Cc3ccc(F)c(F)c3)C(CCO)C2)c1O. The zero-order chi connectivity index (χ0) is 20.1. The number of aliphatic hydroxyl groups is 1. The Kier molecular flexibility index (Phi) is 6.83. The number of hydrogen-bond acceptors (Lipinski definition) is 5. The fourth-order valence-electron chi connectivity index (χ4n) is 3.71. The summed E-state index contributed by atoms with van der Waals surface area (Å²) in [6, 6.07) is 9.48. The minimum atomic E-state index is -0.849. The van der Waals surface area contributed by atoms with Gasteiger partial charge >= 0.3 is 0 Å². The first-order chi connectivity index (χ1) is 13.5. The van der Waals surface area contributed by atoms with Gasteiger partial charge in [-0.05, 0) is 30.2 Å². The van der Waals surface area contributed by atoms with Crippen LogP contribution >= 0.6 is 0 Å². The Morgan fingerprint density at radius 1 is 1.11 bits per heavy atom. The lowest BCUT2D eigenvalue weighted by atomic mass is 10.1. The highest BCUT2D eigenvalue weighted by Gasteiger charge is 2.27. The largest absolute Gasteiger partial charge is 0.504 e. The molecule has 3 rings (SSSR count). The van der Waals surface area contributed by atoms with E-state index in [1.165, 1.54) is 13.2 Å². The zero-order valence-electron chi connectivity index (χ0n) is 15.9. The Labute approximate surface area is 163 Å². The van der Waals surface area contributed by atoms with Crippen molar-refractivity contribution in [2.24, 2.45) is 0 Å². The number of phenols is 1. The first kappa shape index (κ1) is 20.5. The van der Waals surface area contributed by atoms with Gasteiger partial charge in [-0.3, -0.25) is 9.80 Å². The molecular weight excluding hydrogens is 366 g/mol. The number of nitrogens with zero attached hydrogens (tertiary/aromatic N) is 2. The molecule has 2 aromatic carbocycles. The quantitative estimate of drug-likeness (QED) is 0.759. The summed E-state index contributed by atoms with van der Waals surface area (Å²) in [5, 5.41) is 19.8. The summed E-state index contributed by atoms with van der Waals surface area (Å²) in [5.41, 5.74) is 1.50. The van der Waals surface area contributed by atoms with Crippen LogP contribution in [0.4, 0.5) is 8.78 Å². The standard InChI is InChI=1S/C21H26F2N2O3/c1-28-20-4-2-3-16(21(20)27)13-24-8-9-25(17(14-24)7-10-26)12-15-5-6-18(22)19(23)11-15/h2-6,11,17,26-27H,7-10,12-14H2,1H3. The van der Waals surface area contributed by atoms with Crippen molar-refractivity contribution in [3.05, 3.63) is 59.2 Å². The van der Waals surface area contributed by atoms with E-state index in [2.05, 4.69) is 9.80 Å². The van der Waals surface area contributed by atoms with E-state index < -0.39 is 11.6 Å². The van der Waals surface area contributed by atoms with Gasteiger partial charge in [0.2, 0.25) is 0 Å². The third-order valence-electron chi connectivity index (χ3n) is 5.22. The van der Waals surface area contributed by atoms with Crippen LogP contribution < -0.4 is 4.74 Å². The van der Waals surface area contributed by atoms with Crippen LogP contribution in [0.3, 0.4) is 0 Å². The highest BCUT2D eigenvalue weighted by molar-refractivity contribution is 5.45. The molecule has 1 unspecified atom stereocenters. The lowest BCUT2D eigenvalue weighted by Gasteiger charge is -2.41. The first-order valence-corrected chi connectivity index (χ1v) is 9.38. The fourth-order valence-corrected chi connectivity index (χ4v) is 3.71. The normalized spacial score (nSPS) is 18.4. The number of ether oxygens (including phenoxy) is 1. The fraction of sp³-hybridized carbons (Fsp3) is 0.429. The Bertz CT molecular complexity index is 803. The van der Waals surface area contributed by atoms with Crippen LogP contribution in [0.25, 0.3) is 0 Å². The summed E-state index contributed by atoms with van der Waals surface area (Å²) in [5.74, 6) is -1.10. The Hall–Kier alpha value is -2.22. The molecule has 152 valence electrons. The Balaban J connectivity index is 1.67.